The van der Waals surface area contributed by atoms with Crippen LogP contribution in [0.2, 0.25) is 5.02 Å². The molecule has 0 saturated carbocycles. The molecular weight excluding hydrogens is 480 g/mol. The van der Waals surface area contributed by atoms with Crippen molar-refractivity contribution >= 4 is 50.7 Å². The summed E-state index contributed by atoms with van der Waals surface area (Å²) < 4.78 is 5.36. The third-order valence-electron chi connectivity index (χ3n) is 6.36. The molecule has 0 aliphatic heterocycles. The van der Waals surface area contributed by atoms with E-state index in [2.05, 4.69) is 5.32 Å². The first-order valence-corrected chi connectivity index (χ1v) is 13.0. The van der Waals surface area contributed by atoms with E-state index < -0.39 is 0 Å². The van der Waals surface area contributed by atoms with Crippen LogP contribution < -0.4 is 5.32 Å². The highest BCUT2D eigenvalue weighted by molar-refractivity contribution is 7.17. The van der Waals surface area contributed by atoms with Gasteiger partial charge in [-0.3, -0.25) is 4.79 Å². The van der Waals surface area contributed by atoms with Crippen molar-refractivity contribution in [3.8, 4) is 11.3 Å². The molecule has 0 unspecified atom stereocenters. The van der Waals surface area contributed by atoms with Crippen molar-refractivity contribution in [2.24, 2.45) is 0 Å². The molecule has 0 atom stereocenters. The Kier molecular flexibility index (Phi) is 6.58. The van der Waals surface area contributed by atoms with Crippen molar-refractivity contribution in [1.82, 2.24) is 4.98 Å². The number of nitrogens with zero attached hydrogens (tertiary/aromatic N) is 1. The van der Waals surface area contributed by atoms with Gasteiger partial charge in [0, 0.05) is 20.8 Å². The maximum Gasteiger partial charge on any atom is 0.341 e. The number of esters is 1. The van der Waals surface area contributed by atoms with Crippen LogP contribution in [0, 0.1) is 6.92 Å². The molecule has 7 heteroatoms. The van der Waals surface area contributed by atoms with Crippen LogP contribution in [0.25, 0.3) is 22.2 Å². The van der Waals surface area contributed by atoms with E-state index in [1.807, 2.05) is 55.5 Å². The quantitative estimate of drug-likeness (QED) is 0.291. The highest BCUT2D eigenvalue weighted by atomic mass is 35.5. The number of nitrogens with one attached hydrogen (secondary N) is 1. The molecule has 2 aromatic carbocycles. The van der Waals surface area contributed by atoms with Gasteiger partial charge in [0.1, 0.15) is 5.00 Å². The Morgan fingerprint density at radius 1 is 1.06 bits per heavy atom. The molecule has 0 spiro atoms. The van der Waals surface area contributed by atoms with Crippen LogP contribution in [0.4, 0.5) is 5.00 Å². The lowest BCUT2D eigenvalue weighted by atomic mass is 9.95. The van der Waals surface area contributed by atoms with Crippen molar-refractivity contribution in [1.29, 1.82) is 0 Å². The standard InChI is InChI=1S/C28H25ClN2O3S/c1-3-34-28(33)24-20-9-5-7-11-22(20)35-27(24)31-26(32)23-16(2)25(17-12-14-18(29)15-13-17)30-21-10-6-4-8-19(21)23/h4,6,8,10,12-15H,3,5,7,9,11H2,1-2H3,(H,31,32). The Morgan fingerprint density at radius 2 is 1.80 bits per heavy atom. The van der Waals surface area contributed by atoms with E-state index in [0.29, 0.717) is 21.2 Å². The fraction of sp³-hybridized carbons (Fsp3) is 0.250. The molecule has 2 heterocycles. The minimum absolute atomic E-state index is 0.263. The second-order valence-corrected chi connectivity index (χ2v) is 10.1. The number of carbonyl (C=O) groups excluding carboxylic acids is 2. The smallest absolute Gasteiger partial charge is 0.341 e. The fourth-order valence-electron chi connectivity index (χ4n) is 4.73. The minimum atomic E-state index is -0.375. The van der Waals surface area contributed by atoms with E-state index in [1.165, 1.54) is 11.3 Å². The lowest BCUT2D eigenvalue weighted by molar-refractivity contribution is 0.0526. The van der Waals surface area contributed by atoms with Crippen LogP contribution >= 0.6 is 22.9 Å². The van der Waals surface area contributed by atoms with E-state index in [9.17, 15) is 9.59 Å². The molecule has 0 radical (unpaired) electrons. The van der Waals surface area contributed by atoms with Gasteiger partial charge in [-0.2, -0.15) is 0 Å². The summed E-state index contributed by atoms with van der Waals surface area (Å²) in [5.74, 6) is -0.638. The lowest BCUT2D eigenvalue weighted by Crippen LogP contribution is -2.17. The molecule has 0 bridgehead atoms. The van der Waals surface area contributed by atoms with Crippen LogP contribution in [0.15, 0.2) is 48.5 Å². The highest BCUT2D eigenvalue weighted by Gasteiger charge is 2.28. The molecule has 0 fully saturated rings. The normalized spacial score (nSPS) is 12.9. The maximum absolute atomic E-state index is 13.8. The molecule has 5 rings (SSSR count). The Balaban J connectivity index is 1.62. The summed E-state index contributed by atoms with van der Waals surface area (Å²) in [6.45, 7) is 3.99. The first-order chi connectivity index (χ1) is 17.0. The van der Waals surface area contributed by atoms with Crippen LogP contribution in [0.3, 0.4) is 0 Å². The monoisotopic (exact) mass is 504 g/mol. The van der Waals surface area contributed by atoms with Crippen molar-refractivity contribution in [2.75, 3.05) is 11.9 Å². The Hall–Kier alpha value is -3.22. The number of aryl methyl sites for hydroxylation is 1. The van der Waals surface area contributed by atoms with Crippen molar-refractivity contribution in [3.05, 3.63) is 80.7 Å². The highest BCUT2D eigenvalue weighted by Crippen LogP contribution is 2.39. The second-order valence-electron chi connectivity index (χ2n) is 8.57. The predicted octanol–water partition coefficient (Wildman–Crippen LogP) is 7.23. The Bertz CT molecular complexity index is 1440. The number of hydrogen-bond donors (Lipinski definition) is 1. The predicted molar refractivity (Wildman–Crippen MR) is 142 cm³/mol. The van der Waals surface area contributed by atoms with Gasteiger partial charge in [-0.05, 0) is 68.9 Å². The minimum Gasteiger partial charge on any atom is -0.462 e. The van der Waals surface area contributed by atoms with E-state index in [0.717, 1.165) is 63.8 Å². The molecule has 1 aliphatic rings. The van der Waals surface area contributed by atoms with E-state index in [-0.39, 0.29) is 18.5 Å². The molecule has 4 aromatic rings. The van der Waals surface area contributed by atoms with Gasteiger partial charge in [0.2, 0.25) is 0 Å². The van der Waals surface area contributed by atoms with Gasteiger partial charge in [0.15, 0.2) is 0 Å². The summed E-state index contributed by atoms with van der Waals surface area (Å²) in [5.41, 5.74) is 5.17. The topological polar surface area (TPSA) is 68.3 Å². The van der Waals surface area contributed by atoms with Gasteiger partial charge in [-0.15, -0.1) is 11.3 Å². The van der Waals surface area contributed by atoms with Crippen molar-refractivity contribution in [3.63, 3.8) is 0 Å². The third-order valence-corrected chi connectivity index (χ3v) is 7.82. The number of pyridine rings is 1. The van der Waals surface area contributed by atoms with Crippen molar-refractivity contribution in [2.45, 2.75) is 39.5 Å². The van der Waals surface area contributed by atoms with Crippen molar-refractivity contribution < 1.29 is 14.3 Å². The average molecular weight is 505 g/mol. The number of para-hydroxylation sites is 1. The molecule has 1 aliphatic carbocycles. The first kappa shape index (κ1) is 23.5. The van der Waals surface area contributed by atoms with Gasteiger partial charge in [0.25, 0.3) is 5.91 Å². The zero-order chi connectivity index (χ0) is 24.5. The number of amides is 1. The molecule has 1 N–H and O–H groups in total. The molecule has 5 nitrogen and oxygen atoms in total. The van der Waals surface area contributed by atoms with Crippen LogP contribution in [0.5, 0.6) is 0 Å². The summed E-state index contributed by atoms with van der Waals surface area (Å²) in [4.78, 5) is 32.7. The summed E-state index contributed by atoms with van der Waals surface area (Å²) in [7, 11) is 0. The number of carbonyl (C=O) groups is 2. The lowest BCUT2D eigenvalue weighted by Gasteiger charge is -2.15. The molecule has 1 amide bonds. The van der Waals surface area contributed by atoms with Gasteiger partial charge in [0.05, 0.1) is 28.9 Å². The molecule has 2 aromatic heterocycles. The van der Waals surface area contributed by atoms with Gasteiger partial charge < -0.3 is 10.1 Å². The number of halogens is 1. The number of aromatic nitrogens is 1. The summed E-state index contributed by atoms with van der Waals surface area (Å²) in [6, 6.07) is 15.0. The molecule has 178 valence electrons. The SMILES string of the molecule is CCOC(=O)c1c(NC(=O)c2c(C)c(-c3ccc(Cl)cc3)nc3ccccc23)sc2c1CCCC2. The summed E-state index contributed by atoms with van der Waals surface area (Å²) in [6.07, 6.45) is 3.86. The second kappa shape index (κ2) is 9.80. The molecule has 35 heavy (non-hydrogen) atoms. The number of hydrogen-bond acceptors (Lipinski definition) is 5. The maximum atomic E-state index is 13.8. The number of anilines is 1. The zero-order valence-electron chi connectivity index (χ0n) is 19.6. The van der Waals surface area contributed by atoms with Gasteiger partial charge in [-0.1, -0.05) is 41.9 Å². The first-order valence-electron chi connectivity index (χ1n) is 11.8. The van der Waals surface area contributed by atoms with E-state index in [1.54, 1.807) is 6.92 Å². The molecule has 0 saturated heterocycles. The number of rotatable bonds is 5. The Labute approximate surface area is 213 Å². The van der Waals surface area contributed by atoms with Gasteiger partial charge in [-0.25, -0.2) is 9.78 Å². The number of benzene rings is 2. The number of thiophene rings is 1. The largest absolute Gasteiger partial charge is 0.462 e. The number of fused-ring (bicyclic) bond motifs is 2. The average Bonchev–Trinajstić information content (AvgIpc) is 3.22. The Morgan fingerprint density at radius 3 is 2.57 bits per heavy atom. The molecular formula is C28H25ClN2O3S. The summed E-state index contributed by atoms with van der Waals surface area (Å²) >= 11 is 7.58. The fourth-order valence-corrected chi connectivity index (χ4v) is 6.13. The van der Waals surface area contributed by atoms with Crippen LogP contribution in [-0.2, 0) is 17.6 Å². The summed E-state index contributed by atoms with van der Waals surface area (Å²) in [5, 5.41) is 5.04. The van der Waals surface area contributed by atoms with Crippen LogP contribution in [0.1, 0.15) is 56.5 Å². The van der Waals surface area contributed by atoms with E-state index in [4.69, 9.17) is 21.3 Å². The van der Waals surface area contributed by atoms with Crippen LogP contribution in [-0.4, -0.2) is 23.5 Å². The number of ether oxygens (including phenoxy) is 1. The van der Waals surface area contributed by atoms with E-state index >= 15 is 0 Å². The zero-order valence-corrected chi connectivity index (χ0v) is 21.2. The van der Waals surface area contributed by atoms with Gasteiger partial charge >= 0.3 is 5.97 Å². The third kappa shape index (κ3) is 4.44.